The Bertz CT molecular complexity index is 780. The van der Waals surface area contributed by atoms with Gasteiger partial charge in [-0.3, -0.25) is 4.79 Å². The lowest BCUT2D eigenvalue weighted by Crippen LogP contribution is -2.36. The average Bonchev–Trinajstić information content (AvgIpc) is 3.35. The van der Waals surface area contributed by atoms with E-state index in [1.165, 1.54) is 5.56 Å². The second-order valence-corrected chi connectivity index (χ2v) is 6.65. The Morgan fingerprint density at radius 1 is 1.08 bits per heavy atom. The van der Waals surface area contributed by atoms with Crippen LogP contribution in [0.4, 0.5) is 0 Å². The van der Waals surface area contributed by atoms with E-state index in [9.17, 15) is 4.79 Å². The van der Waals surface area contributed by atoms with Crippen molar-refractivity contribution in [1.29, 1.82) is 0 Å². The van der Waals surface area contributed by atoms with Gasteiger partial charge in [-0.2, -0.15) is 0 Å². The van der Waals surface area contributed by atoms with E-state index in [0.717, 1.165) is 35.5 Å². The highest BCUT2D eigenvalue weighted by Crippen LogP contribution is 2.47. The number of benzene rings is 2. The number of hydrogen-bond acceptors (Lipinski definition) is 3. The highest BCUT2D eigenvalue weighted by atomic mass is 16.6. The van der Waals surface area contributed by atoms with E-state index in [2.05, 4.69) is 11.4 Å². The highest BCUT2D eigenvalue weighted by molar-refractivity contribution is 5.80. The van der Waals surface area contributed by atoms with Crippen molar-refractivity contribution in [3.05, 3.63) is 59.2 Å². The van der Waals surface area contributed by atoms with Gasteiger partial charge in [0.2, 0.25) is 5.91 Å². The summed E-state index contributed by atoms with van der Waals surface area (Å²) in [6.07, 6.45) is 2.34. The van der Waals surface area contributed by atoms with Gasteiger partial charge >= 0.3 is 0 Å². The molecule has 1 N–H and O–H groups in total. The summed E-state index contributed by atoms with van der Waals surface area (Å²) in [5.74, 6) is 1.62. The number of rotatable bonds is 4. The second-order valence-electron chi connectivity index (χ2n) is 6.65. The maximum Gasteiger partial charge on any atom is 0.225 e. The Morgan fingerprint density at radius 3 is 2.62 bits per heavy atom. The number of ether oxygens (including phenoxy) is 2. The van der Waals surface area contributed by atoms with Crippen molar-refractivity contribution in [3.63, 3.8) is 0 Å². The fourth-order valence-corrected chi connectivity index (χ4v) is 3.27. The molecule has 0 aromatic heterocycles. The lowest BCUT2D eigenvalue weighted by atomic mass is 10.0. The standard InChI is InChI=1S/C20H21NO3/c1-14-3-2-4-15(11-14)12-19(22)21-20(7-8-20)16-5-6-17-18(13-16)24-10-9-23-17/h2-6,11,13H,7-10,12H2,1H3,(H,21,22). The monoisotopic (exact) mass is 323 g/mol. The largest absolute Gasteiger partial charge is 0.486 e. The Hall–Kier alpha value is -2.49. The van der Waals surface area contributed by atoms with E-state index in [4.69, 9.17) is 9.47 Å². The van der Waals surface area contributed by atoms with Crippen LogP contribution < -0.4 is 14.8 Å². The number of aryl methyl sites for hydroxylation is 1. The van der Waals surface area contributed by atoms with Crippen LogP contribution >= 0.6 is 0 Å². The summed E-state index contributed by atoms with van der Waals surface area (Å²) < 4.78 is 11.2. The lowest BCUT2D eigenvalue weighted by molar-refractivity contribution is -0.121. The van der Waals surface area contributed by atoms with Gasteiger partial charge in [-0.25, -0.2) is 0 Å². The van der Waals surface area contributed by atoms with E-state index in [-0.39, 0.29) is 11.4 Å². The van der Waals surface area contributed by atoms with Crippen LogP contribution in [-0.4, -0.2) is 19.1 Å². The maximum atomic E-state index is 12.5. The minimum absolute atomic E-state index is 0.0630. The van der Waals surface area contributed by atoms with Crippen molar-refractivity contribution in [2.75, 3.05) is 13.2 Å². The van der Waals surface area contributed by atoms with Crippen LogP contribution in [0.2, 0.25) is 0 Å². The van der Waals surface area contributed by atoms with E-state index in [1.54, 1.807) is 0 Å². The zero-order valence-electron chi connectivity index (χ0n) is 13.8. The molecule has 1 aliphatic heterocycles. The quantitative estimate of drug-likeness (QED) is 0.940. The Balaban J connectivity index is 1.48. The molecule has 1 heterocycles. The van der Waals surface area contributed by atoms with Crippen molar-refractivity contribution in [3.8, 4) is 11.5 Å². The van der Waals surface area contributed by atoms with E-state index in [1.807, 2.05) is 43.3 Å². The van der Waals surface area contributed by atoms with Gasteiger partial charge < -0.3 is 14.8 Å². The maximum absolute atomic E-state index is 12.5. The van der Waals surface area contributed by atoms with Crippen molar-refractivity contribution in [1.82, 2.24) is 5.32 Å². The molecule has 2 aromatic carbocycles. The van der Waals surface area contributed by atoms with Gasteiger partial charge in [-0.15, -0.1) is 0 Å². The van der Waals surface area contributed by atoms with Crippen LogP contribution in [0.3, 0.4) is 0 Å². The average molecular weight is 323 g/mol. The molecule has 24 heavy (non-hydrogen) atoms. The molecule has 1 amide bonds. The van der Waals surface area contributed by atoms with Crippen LogP contribution in [-0.2, 0) is 16.8 Å². The SMILES string of the molecule is Cc1cccc(CC(=O)NC2(c3ccc4c(c3)OCCO4)CC2)c1. The molecular formula is C20H21NO3. The van der Waals surface area contributed by atoms with Crippen molar-refractivity contribution < 1.29 is 14.3 Å². The number of nitrogens with one attached hydrogen (secondary N) is 1. The van der Waals surface area contributed by atoms with Crippen LogP contribution in [0.5, 0.6) is 11.5 Å². The van der Waals surface area contributed by atoms with Gasteiger partial charge in [-0.05, 0) is 43.0 Å². The first kappa shape index (κ1) is 15.1. The molecule has 0 atom stereocenters. The molecule has 0 spiro atoms. The topological polar surface area (TPSA) is 47.6 Å². The summed E-state index contributed by atoms with van der Waals surface area (Å²) >= 11 is 0. The molecule has 2 aromatic rings. The molecule has 0 radical (unpaired) electrons. The fraction of sp³-hybridized carbons (Fsp3) is 0.350. The molecule has 124 valence electrons. The van der Waals surface area contributed by atoms with Gasteiger partial charge in [0, 0.05) is 0 Å². The first-order chi connectivity index (χ1) is 11.6. The minimum Gasteiger partial charge on any atom is -0.486 e. The molecule has 4 nitrogen and oxygen atoms in total. The number of fused-ring (bicyclic) bond motifs is 1. The smallest absolute Gasteiger partial charge is 0.225 e. The van der Waals surface area contributed by atoms with Gasteiger partial charge in [0.15, 0.2) is 11.5 Å². The summed E-state index contributed by atoms with van der Waals surface area (Å²) in [6.45, 7) is 3.20. The number of amides is 1. The second kappa shape index (κ2) is 5.86. The third-order valence-corrected chi connectivity index (χ3v) is 4.67. The van der Waals surface area contributed by atoms with Crippen LogP contribution in [0.15, 0.2) is 42.5 Å². The van der Waals surface area contributed by atoms with E-state index < -0.39 is 0 Å². The van der Waals surface area contributed by atoms with Crippen LogP contribution in [0, 0.1) is 6.92 Å². The Kier molecular flexibility index (Phi) is 3.68. The molecule has 1 fully saturated rings. The molecule has 1 saturated carbocycles. The Labute approximate surface area is 141 Å². The van der Waals surface area contributed by atoms with Gasteiger partial charge in [-0.1, -0.05) is 35.9 Å². The summed E-state index contributed by atoms with van der Waals surface area (Å²) in [5.41, 5.74) is 3.08. The zero-order chi connectivity index (χ0) is 16.6. The fourth-order valence-electron chi connectivity index (χ4n) is 3.27. The van der Waals surface area contributed by atoms with Gasteiger partial charge in [0.05, 0.1) is 12.0 Å². The predicted octanol–water partition coefficient (Wildman–Crippen LogP) is 3.11. The minimum atomic E-state index is -0.239. The predicted molar refractivity (Wildman–Crippen MR) is 91.4 cm³/mol. The zero-order valence-corrected chi connectivity index (χ0v) is 13.8. The molecule has 2 aliphatic rings. The first-order valence-corrected chi connectivity index (χ1v) is 8.41. The number of carbonyl (C=O) groups is 1. The lowest BCUT2D eigenvalue weighted by Gasteiger charge is -2.23. The highest BCUT2D eigenvalue weighted by Gasteiger charge is 2.46. The molecule has 0 saturated heterocycles. The third kappa shape index (κ3) is 2.96. The van der Waals surface area contributed by atoms with E-state index >= 15 is 0 Å². The van der Waals surface area contributed by atoms with Gasteiger partial charge in [0.25, 0.3) is 0 Å². The van der Waals surface area contributed by atoms with Crippen molar-refractivity contribution >= 4 is 5.91 Å². The summed E-state index contributed by atoms with van der Waals surface area (Å²) in [4.78, 5) is 12.5. The summed E-state index contributed by atoms with van der Waals surface area (Å²) in [6, 6.07) is 14.1. The summed E-state index contributed by atoms with van der Waals surface area (Å²) in [7, 11) is 0. The molecule has 0 bridgehead atoms. The third-order valence-electron chi connectivity index (χ3n) is 4.67. The van der Waals surface area contributed by atoms with Gasteiger partial charge in [0.1, 0.15) is 13.2 Å². The van der Waals surface area contributed by atoms with Crippen LogP contribution in [0.25, 0.3) is 0 Å². The molecular weight excluding hydrogens is 302 g/mol. The molecule has 0 unspecified atom stereocenters. The molecule has 1 aliphatic carbocycles. The van der Waals surface area contributed by atoms with Crippen molar-refractivity contribution in [2.24, 2.45) is 0 Å². The first-order valence-electron chi connectivity index (χ1n) is 8.41. The Morgan fingerprint density at radius 2 is 1.88 bits per heavy atom. The summed E-state index contributed by atoms with van der Waals surface area (Å²) in [5, 5.41) is 3.22. The number of hydrogen-bond donors (Lipinski definition) is 1. The van der Waals surface area contributed by atoms with Crippen LogP contribution in [0.1, 0.15) is 29.5 Å². The van der Waals surface area contributed by atoms with Crippen molar-refractivity contribution in [2.45, 2.75) is 31.7 Å². The normalized spacial score (nSPS) is 17.2. The molecule has 4 rings (SSSR count). The van der Waals surface area contributed by atoms with E-state index in [0.29, 0.717) is 19.6 Å². The number of carbonyl (C=O) groups excluding carboxylic acids is 1. The molecule has 4 heteroatoms.